The molecule has 5 nitrogen and oxygen atoms in total. The van der Waals surface area contributed by atoms with Gasteiger partial charge in [0.2, 0.25) is 5.78 Å². The highest BCUT2D eigenvalue weighted by atomic mass is 16.4. The van der Waals surface area contributed by atoms with Gasteiger partial charge >= 0.3 is 5.97 Å². The van der Waals surface area contributed by atoms with Gasteiger partial charge in [0.25, 0.3) is 0 Å². The van der Waals surface area contributed by atoms with Gasteiger partial charge in [-0.2, -0.15) is 0 Å². The molecule has 0 bridgehead atoms. The lowest BCUT2D eigenvalue weighted by Crippen LogP contribution is -2.15. The smallest absolute Gasteiger partial charge is 0.372 e. The summed E-state index contributed by atoms with van der Waals surface area (Å²) in [7, 11) is 0. The molecule has 118 valence electrons. The Morgan fingerprint density at radius 2 is 1.87 bits per heavy atom. The number of allylic oxidation sites excluding steroid dienone is 1. The molecule has 0 amide bonds. The Bertz CT molecular complexity index is 771. The molecule has 0 saturated heterocycles. The van der Waals surface area contributed by atoms with Crippen molar-refractivity contribution in [3.63, 3.8) is 0 Å². The maximum absolute atomic E-state index is 11.6. The van der Waals surface area contributed by atoms with Crippen molar-refractivity contribution in [2.24, 2.45) is 0 Å². The molecule has 0 saturated carbocycles. The van der Waals surface area contributed by atoms with Crippen LogP contribution in [0.3, 0.4) is 0 Å². The summed E-state index contributed by atoms with van der Waals surface area (Å²) in [6.07, 6.45) is 4.11. The zero-order valence-corrected chi connectivity index (χ0v) is 12.7. The van der Waals surface area contributed by atoms with Crippen molar-refractivity contribution in [1.29, 1.82) is 0 Å². The molecule has 0 atom stereocenters. The van der Waals surface area contributed by atoms with E-state index in [-0.39, 0.29) is 0 Å². The molecule has 0 aliphatic heterocycles. The minimum Gasteiger partial charge on any atom is -0.475 e. The molecule has 2 aromatic rings. The molecule has 5 heteroatoms. The van der Waals surface area contributed by atoms with Gasteiger partial charge in [0, 0.05) is 18.4 Å². The third-order valence-corrected chi connectivity index (χ3v) is 3.48. The van der Waals surface area contributed by atoms with Crippen molar-refractivity contribution in [1.82, 2.24) is 4.57 Å². The number of aryl methyl sites for hydroxylation is 1. The predicted molar refractivity (Wildman–Crippen MR) is 86.0 cm³/mol. The van der Waals surface area contributed by atoms with Crippen molar-refractivity contribution in [3.05, 3.63) is 65.5 Å². The van der Waals surface area contributed by atoms with Crippen LogP contribution in [-0.2, 0) is 20.9 Å². The van der Waals surface area contributed by atoms with Crippen LogP contribution in [0.4, 0.5) is 0 Å². The Kier molecular flexibility index (Phi) is 5.25. The number of carboxylic acid groups (broad SMARTS) is 1. The van der Waals surface area contributed by atoms with Gasteiger partial charge < -0.3 is 9.67 Å². The summed E-state index contributed by atoms with van der Waals surface area (Å²) in [4.78, 5) is 33.0. The molecule has 0 spiro atoms. The molecule has 0 fully saturated rings. The van der Waals surface area contributed by atoms with E-state index in [0.717, 1.165) is 5.69 Å². The number of Topliss-reactive ketones (excluding diaryl/α,β-unsaturated/α-hetero) is 1. The number of rotatable bonds is 7. The zero-order chi connectivity index (χ0) is 16.8. The number of hydrogen-bond acceptors (Lipinski definition) is 3. The van der Waals surface area contributed by atoms with E-state index >= 15 is 0 Å². The largest absolute Gasteiger partial charge is 0.475 e. The molecule has 1 heterocycles. The van der Waals surface area contributed by atoms with Crippen molar-refractivity contribution in [3.8, 4) is 0 Å². The third-order valence-electron chi connectivity index (χ3n) is 3.48. The second-order valence-corrected chi connectivity index (χ2v) is 5.19. The molecular formula is C18H17NO4. The number of carbonyl (C=O) groups excluding carboxylic acids is 2. The summed E-state index contributed by atoms with van der Waals surface area (Å²) < 4.78 is 1.98. The van der Waals surface area contributed by atoms with Crippen LogP contribution in [0.2, 0.25) is 0 Å². The van der Waals surface area contributed by atoms with Gasteiger partial charge in [0.05, 0.1) is 6.42 Å². The fourth-order valence-electron chi connectivity index (χ4n) is 2.16. The lowest BCUT2D eigenvalue weighted by molar-refractivity contribution is -0.149. The third kappa shape index (κ3) is 4.51. The molecule has 1 aromatic carbocycles. The van der Waals surface area contributed by atoms with E-state index in [1.807, 2.05) is 54.1 Å². The van der Waals surface area contributed by atoms with E-state index in [1.54, 1.807) is 6.08 Å². The van der Waals surface area contributed by atoms with E-state index in [2.05, 4.69) is 0 Å². The van der Waals surface area contributed by atoms with Crippen LogP contribution in [0, 0.1) is 6.92 Å². The van der Waals surface area contributed by atoms with Gasteiger partial charge in [0.1, 0.15) is 0 Å². The van der Waals surface area contributed by atoms with Crippen LogP contribution in [0.5, 0.6) is 0 Å². The van der Waals surface area contributed by atoms with Gasteiger partial charge in [-0.25, -0.2) is 4.79 Å². The van der Waals surface area contributed by atoms with E-state index in [0.29, 0.717) is 6.54 Å². The Labute approximate surface area is 133 Å². The molecular weight excluding hydrogens is 294 g/mol. The fourth-order valence-corrected chi connectivity index (χ4v) is 2.16. The van der Waals surface area contributed by atoms with Crippen molar-refractivity contribution >= 4 is 23.6 Å². The molecule has 0 unspecified atom stereocenters. The van der Waals surface area contributed by atoms with Crippen molar-refractivity contribution < 1.29 is 19.5 Å². The SMILES string of the molecule is Cc1ccccc1Cn1cccc1/C=C/C(=O)CC(=O)C(=O)O. The predicted octanol–water partition coefficient (Wildman–Crippen LogP) is 2.47. The first-order chi connectivity index (χ1) is 11.0. The minimum atomic E-state index is -1.59. The topological polar surface area (TPSA) is 76.4 Å². The molecule has 0 aliphatic rings. The molecule has 2 rings (SSSR count). The van der Waals surface area contributed by atoms with Crippen molar-refractivity contribution in [2.75, 3.05) is 0 Å². The number of ketones is 2. The molecule has 1 aromatic heterocycles. The van der Waals surface area contributed by atoms with Crippen LogP contribution in [-0.4, -0.2) is 27.2 Å². The molecule has 23 heavy (non-hydrogen) atoms. The number of aliphatic carboxylic acids is 1. The van der Waals surface area contributed by atoms with Crippen molar-refractivity contribution in [2.45, 2.75) is 19.9 Å². The van der Waals surface area contributed by atoms with Gasteiger partial charge in [-0.3, -0.25) is 9.59 Å². The van der Waals surface area contributed by atoms with Gasteiger partial charge in [-0.05, 0) is 42.3 Å². The highest BCUT2D eigenvalue weighted by molar-refractivity contribution is 6.37. The first-order valence-corrected chi connectivity index (χ1v) is 7.14. The Balaban J connectivity index is 2.08. The Hall–Kier alpha value is -2.95. The number of aromatic nitrogens is 1. The van der Waals surface area contributed by atoms with Gasteiger partial charge in [-0.15, -0.1) is 0 Å². The van der Waals surface area contributed by atoms with Crippen LogP contribution < -0.4 is 0 Å². The zero-order valence-electron chi connectivity index (χ0n) is 12.7. The monoisotopic (exact) mass is 311 g/mol. The number of nitrogens with zero attached hydrogens (tertiary/aromatic N) is 1. The standard InChI is InChI=1S/C18H17NO4/c1-13-5-2-3-6-14(13)12-19-10-4-7-15(19)8-9-16(20)11-17(21)18(22)23/h2-10H,11-12H2,1H3,(H,22,23)/b9-8+. The van der Waals surface area contributed by atoms with E-state index in [4.69, 9.17) is 5.11 Å². The maximum Gasteiger partial charge on any atom is 0.372 e. The lowest BCUT2D eigenvalue weighted by Gasteiger charge is -2.09. The average molecular weight is 311 g/mol. The molecule has 0 aliphatic carbocycles. The maximum atomic E-state index is 11.6. The number of hydrogen-bond donors (Lipinski definition) is 1. The second kappa shape index (κ2) is 7.35. The normalized spacial score (nSPS) is 10.8. The van der Waals surface area contributed by atoms with E-state index < -0.39 is 24.0 Å². The summed E-state index contributed by atoms with van der Waals surface area (Å²) in [6.45, 7) is 2.71. The van der Waals surface area contributed by atoms with Crippen LogP contribution in [0.25, 0.3) is 6.08 Å². The Morgan fingerprint density at radius 1 is 1.13 bits per heavy atom. The highest BCUT2D eigenvalue weighted by Gasteiger charge is 2.14. The quantitative estimate of drug-likeness (QED) is 0.484. The van der Waals surface area contributed by atoms with Crippen LogP contribution in [0.15, 0.2) is 48.7 Å². The summed E-state index contributed by atoms with van der Waals surface area (Å²) in [5, 5.41) is 8.49. The summed E-state index contributed by atoms with van der Waals surface area (Å²) >= 11 is 0. The minimum absolute atomic E-state index is 0.527. The van der Waals surface area contributed by atoms with Gasteiger partial charge in [0.15, 0.2) is 5.78 Å². The highest BCUT2D eigenvalue weighted by Crippen LogP contribution is 2.13. The fraction of sp³-hybridized carbons (Fsp3) is 0.167. The second-order valence-electron chi connectivity index (χ2n) is 5.19. The van der Waals surface area contributed by atoms with Gasteiger partial charge in [-0.1, -0.05) is 24.3 Å². The van der Waals surface area contributed by atoms with E-state index in [1.165, 1.54) is 17.2 Å². The molecule has 1 N–H and O–H groups in total. The Morgan fingerprint density at radius 3 is 2.57 bits per heavy atom. The number of carbonyl (C=O) groups is 3. The first kappa shape index (κ1) is 16.4. The summed E-state index contributed by atoms with van der Waals surface area (Å²) in [5.74, 6) is -3.22. The van der Waals surface area contributed by atoms with Crippen LogP contribution in [0.1, 0.15) is 23.2 Å². The van der Waals surface area contributed by atoms with E-state index in [9.17, 15) is 14.4 Å². The summed E-state index contributed by atoms with van der Waals surface area (Å²) in [5.41, 5.74) is 3.16. The first-order valence-electron chi connectivity index (χ1n) is 7.14. The summed E-state index contributed by atoms with van der Waals surface area (Å²) in [6, 6.07) is 11.7. The number of benzene rings is 1. The molecule has 0 radical (unpaired) electrons. The number of carboxylic acids is 1. The lowest BCUT2D eigenvalue weighted by atomic mass is 10.1. The van der Waals surface area contributed by atoms with Crippen LogP contribution >= 0.6 is 0 Å². The average Bonchev–Trinajstić information content (AvgIpc) is 2.94.